The van der Waals surface area contributed by atoms with Gasteiger partial charge in [0.2, 0.25) is 0 Å². The minimum atomic E-state index is 0.162. The van der Waals surface area contributed by atoms with Crippen LogP contribution in [0, 0.1) is 0 Å². The maximum Gasteiger partial charge on any atom is 0.165 e. The van der Waals surface area contributed by atoms with Crippen molar-refractivity contribution in [2.24, 2.45) is 7.05 Å². The lowest BCUT2D eigenvalue weighted by atomic mass is 10.1. The van der Waals surface area contributed by atoms with Crippen LogP contribution in [-0.2, 0) is 7.05 Å². The molecule has 21 heavy (non-hydrogen) atoms. The highest BCUT2D eigenvalue weighted by Crippen LogP contribution is 2.31. The molecule has 0 unspecified atom stereocenters. The zero-order chi connectivity index (χ0) is 14.8. The molecule has 106 valence electrons. The molecule has 3 rings (SSSR count). The highest BCUT2D eigenvalue weighted by Gasteiger charge is 2.05. The van der Waals surface area contributed by atoms with E-state index in [0.29, 0.717) is 5.75 Å². The van der Waals surface area contributed by atoms with Crippen LogP contribution in [0.15, 0.2) is 48.5 Å². The molecule has 0 aliphatic carbocycles. The predicted molar refractivity (Wildman–Crippen MR) is 86.5 cm³/mol. The van der Waals surface area contributed by atoms with Gasteiger partial charge in [0.05, 0.1) is 7.11 Å². The van der Waals surface area contributed by atoms with Crippen molar-refractivity contribution in [2.75, 3.05) is 7.11 Å². The molecule has 0 aliphatic rings. The molecule has 0 aliphatic heterocycles. The SMILES string of the molecule is COc1cccc(C=Cc2cc3ccccc3n2C)c1O. The lowest BCUT2D eigenvalue weighted by Gasteiger charge is -2.05. The molecule has 0 amide bonds. The number of hydrogen-bond acceptors (Lipinski definition) is 2. The maximum absolute atomic E-state index is 10.1. The Hall–Kier alpha value is -2.68. The number of aryl methyl sites for hydroxylation is 1. The van der Waals surface area contributed by atoms with E-state index in [1.165, 1.54) is 10.9 Å². The Labute approximate surface area is 123 Å². The number of nitrogens with zero attached hydrogens (tertiary/aromatic N) is 1. The molecule has 3 aromatic rings. The second-order valence-electron chi connectivity index (χ2n) is 4.92. The highest BCUT2D eigenvalue weighted by atomic mass is 16.5. The van der Waals surface area contributed by atoms with Crippen molar-refractivity contribution >= 4 is 23.1 Å². The van der Waals surface area contributed by atoms with E-state index in [-0.39, 0.29) is 5.75 Å². The summed E-state index contributed by atoms with van der Waals surface area (Å²) in [5.41, 5.74) is 3.00. The summed E-state index contributed by atoms with van der Waals surface area (Å²) in [6, 6.07) is 15.8. The smallest absolute Gasteiger partial charge is 0.165 e. The summed E-state index contributed by atoms with van der Waals surface area (Å²) in [5, 5.41) is 11.3. The molecule has 0 bridgehead atoms. The molecular formula is C18H17NO2. The number of para-hydroxylation sites is 2. The Kier molecular flexibility index (Phi) is 3.40. The van der Waals surface area contributed by atoms with Gasteiger partial charge in [-0.15, -0.1) is 0 Å². The van der Waals surface area contributed by atoms with Crippen LogP contribution in [0.25, 0.3) is 23.1 Å². The van der Waals surface area contributed by atoms with Crippen molar-refractivity contribution in [3.05, 3.63) is 59.8 Å². The van der Waals surface area contributed by atoms with E-state index < -0.39 is 0 Å². The van der Waals surface area contributed by atoms with Crippen molar-refractivity contribution in [3.63, 3.8) is 0 Å². The lowest BCUT2D eigenvalue weighted by molar-refractivity contribution is 0.373. The molecule has 3 nitrogen and oxygen atoms in total. The minimum absolute atomic E-state index is 0.162. The average molecular weight is 279 g/mol. The van der Waals surface area contributed by atoms with Crippen LogP contribution < -0.4 is 4.74 Å². The number of ether oxygens (including phenoxy) is 1. The van der Waals surface area contributed by atoms with Gasteiger partial charge in [-0.2, -0.15) is 0 Å². The van der Waals surface area contributed by atoms with Crippen molar-refractivity contribution in [2.45, 2.75) is 0 Å². The van der Waals surface area contributed by atoms with Gasteiger partial charge in [0.15, 0.2) is 11.5 Å². The monoisotopic (exact) mass is 279 g/mol. The third kappa shape index (κ3) is 2.38. The van der Waals surface area contributed by atoms with Crippen molar-refractivity contribution in [1.82, 2.24) is 4.57 Å². The van der Waals surface area contributed by atoms with Gasteiger partial charge in [-0.1, -0.05) is 30.3 Å². The summed E-state index contributed by atoms with van der Waals surface area (Å²) in [6.45, 7) is 0. The number of aromatic hydroxyl groups is 1. The van der Waals surface area contributed by atoms with Gasteiger partial charge in [-0.3, -0.25) is 0 Å². The third-order valence-electron chi connectivity index (χ3n) is 3.67. The fourth-order valence-corrected chi connectivity index (χ4v) is 2.48. The highest BCUT2D eigenvalue weighted by molar-refractivity contribution is 5.85. The number of phenolic OH excluding ortho intramolecular Hbond substituents is 1. The number of fused-ring (bicyclic) bond motifs is 1. The van der Waals surface area contributed by atoms with Crippen LogP contribution in [0.4, 0.5) is 0 Å². The Bertz CT molecular complexity index is 815. The fraction of sp³-hybridized carbons (Fsp3) is 0.111. The second-order valence-corrected chi connectivity index (χ2v) is 4.92. The zero-order valence-corrected chi connectivity index (χ0v) is 12.1. The first-order valence-electron chi connectivity index (χ1n) is 6.79. The predicted octanol–water partition coefficient (Wildman–Crippen LogP) is 4.06. The maximum atomic E-state index is 10.1. The number of aromatic nitrogens is 1. The Morgan fingerprint density at radius 2 is 1.86 bits per heavy atom. The normalized spacial score (nSPS) is 11.3. The number of phenols is 1. The van der Waals surface area contributed by atoms with Gasteiger partial charge in [0, 0.05) is 29.2 Å². The summed E-state index contributed by atoms with van der Waals surface area (Å²) >= 11 is 0. The molecule has 0 radical (unpaired) electrons. The van der Waals surface area contributed by atoms with Gasteiger partial charge in [-0.05, 0) is 30.4 Å². The zero-order valence-electron chi connectivity index (χ0n) is 12.1. The average Bonchev–Trinajstić information content (AvgIpc) is 2.83. The molecule has 1 N–H and O–H groups in total. The van der Waals surface area contributed by atoms with Crippen molar-refractivity contribution in [3.8, 4) is 11.5 Å². The van der Waals surface area contributed by atoms with Gasteiger partial charge in [0.25, 0.3) is 0 Å². The molecule has 1 heterocycles. The van der Waals surface area contributed by atoms with E-state index in [2.05, 4.69) is 22.8 Å². The Balaban J connectivity index is 2.00. The summed E-state index contributed by atoms with van der Waals surface area (Å²) < 4.78 is 7.25. The molecule has 0 atom stereocenters. The standard InChI is InChI=1S/C18H17NO2/c1-19-15(12-14-6-3-4-8-16(14)19)11-10-13-7-5-9-17(21-2)18(13)20/h3-12,20H,1-2H3. The minimum Gasteiger partial charge on any atom is -0.504 e. The number of benzene rings is 2. The molecule has 3 heteroatoms. The first kappa shape index (κ1) is 13.3. The van der Waals surface area contributed by atoms with Crippen molar-refractivity contribution in [1.29, 1.82) is 0 Å². The van der Waals surface area contributed by atoms with E-state index in [0.717, 1.165) is 11.3 Å². The Morgan fingerprint density at radius 3 is 2.62 bits per heavy atom. The van der Waals surface area contributed by atoms with Gasteiger partial charge in [0.1, 0.15) is 0 Å². The van der Waals surface area contributed by atoms with Crippen LogP contribution in [-0.4, -0.2) is 16.8 Å². The molecule has 0 saturated carbocycles. The van der Waals surface area contributed by atoms with Crippen LogP contribution in [0.3, 0.4) is 0 Å². The first-order valence-corrected chi connectivity index (χ1v) is 6.79. The first-order chi connectivity index (χ1) is 10.2. The van der Waals surface area contributed by atoms with Crippen LogP contribution in [0.1, 0.15) is 11.3 Å². The number of rotatable bonds is 3. The molecule has 0 saturated heterocycles. The van der Waals surface area contributed by atoms with E-state index in [4.69, 9.17) is 4.74 Å². The molecule has 2 aromatic carbocycles. The van der Waals surface area contributed by atoms with E-state index in [1.807, 2.05) is 43.5 Å². The van der Waals surface area contributed by atoms with Gasteiger partial charge in [-0.25, -0.2) is 0 Å². The van der Waals surface area contributed by atoms with Crippen LogP contribution in [0.2, 0.25) is 0 Å². The van der Waals surface area contributed by atoms with E-state index in [1.54, 1.807) is 13.2 Å². The van der Waals surface area contributed by atoms with E-state index >= 15 is 0 Å². The quantitative estimate of drug-likeness (QED) is 0.784. The number of hydrogen-bond donors (Lipinski definition) is 1. The summed E-state index contributed by atoms with van der Waals surface area (Å²) in [7, 11) is 3.58. The number of methoxy groups -OCH3 is 1. The van der Waals surface area contributed by atoms with Gasteiger partial charge < -0.3 is 14.4 Å². The molecule has 0 spiro atoms. The largest absolute Gasteiger partial charge is 0.504 e. The van der Waals surface area contributed by atoms with Gasteiger partial charge >= 0.3 is 0 Å². The Morgan fingerprint density at radius 1 is 1.05 bits per heavy atom. The lowest BCUT2D eigenvalue weighted by Crippen LogP contribution is -1.89. The molecule has 0 fully saturated rings. The molecular weight excluding hydrogens is 262 g/mol. The van der Waals surface area contributed by atoms with Crippen molar-refractivity contribution < 1.29 is 9.84 Å². The second kappa shape index (κ2) is 5.37. The third-order valence-corrected chi connectivity index (χ3v) is 3.67. The van der Waals surface area contributed by atoms with Crippen LogP contribution in [0.5, 0.6) is 11.5 Å². The summed E-state index contributed by atoms with van der Waals surface area (Å²) in [5.74, 6) is 0.643. The van der Waals surface area contributed by atoms with Crippen LogP contribution >= 0.6 is 0 Å². The summed E-state index contributed by atoms with van der Waals surface area (Å²) in [6.07, 6.45) is 3.89. The topological polar surface area (TPSA) is 34.4 Å². The fourth-order valence-electron chi connectivity index (χ4n) is 2.48. The summed E-state index contributed by atoms with van der Waals surface area (Å²) in [4.78, 5) is 0. The molecule has 1 aromatic heterocycles. The van der Waals surface area contributed by atoms with E-state index in [9.17, 15) is 5.11 Å².